The van der Waals surface area contributed by atoms with Gasteiger partial charge in [0, 0.05) is 6.54 Å². The number of halogens is 3. The summed E-state index contributed by atoms with van der Waals surface area (Å²) in [5.74, 6) is -5.26. The second kappa shape index (κ2) is 10.7. The summed E-state index contributed by atoms with van der Waals surface area (Å²) in [5.41, 5.74) is 0.407. The van der Waals surface area contributed by atoms with Crippen LogP contribution in [0.25, 0.3) is 11.0 Å². The number of fused-ring (bicyclic) bond motifs is 1. The Kier molecular flexibility index (Phi) is 8.05. The number of nitrogens with zero attached hydrogens (tertiary/aromatic N) is 2. The van der Waals surface area contributed by atoms with Crippen molar-refractivity contribution in [2.24, 2.45) is 11.8 Å². The van der Waals surface area contributed by atoms with E-state index in [1.807, 2.05) is 0 Å². The third kappa shape index (κ3) is 5.68. The van der Waals surface area contributed by atoms with Crippen molar-refractivity contribution >= 4 is 34.5 Å². The third-order valence-electron chi connectivity index (χ3n) is 6.18. The zero-order valence-electron chi connectivity index (χ0n) is 20.4. The molecule has 3 atom stereocenters. The molecular weight excluding hydrogens is 481 g/mol. The Bertz CT molecular complexity index is 1140. The number of para-hydroxylation sites is 1. The van der Waals surface area contributed by atoms with Gasteiger partial charge in [-0.15, -0.1) is 0 Å². The lowest BCUT2D eigenvalue weighted by molar-refractivity contribution is -0.175. The van der Waals surface area contributed by atoms with E-state index < -0.39 is 53.7 Å². The maximum Gasteiger partial charge on any atom is 0.452 e. The minimum atomic E-state index is -5.11. The highest BCUT2D eigenvalue weighted by Crippen LogP contribution is 2.24. The number of Topliss-reactive ketones (excluding diaryl/α,β-unsaturated/α-hetero) is 1. The molecule has 1 aromatic carbocycles. The van der Waals surface area contributed by atoms with E-state index in [1.165, 1.54) is 18.7 Å². The number of carbonyl (C=O) groups is 4. The fourth-order valence-electron chi connectivity index (χ4n) is 4.22. The van der Waals surface area contributed by atoms with Crippen LogP contribution in [0.4, 0.5) is 13.2 Å². The molecule has 12 heteroatoms. The van der Waals surface area contributed by atoms with Crippen molar-refractivity contribution in [3.05, 3.63) is 30.0 Å². The van der Waals surface area contributed by atoms with Crippen molar-refractivity contribution < 1.29 is 36.9 Å². The molecule has 1 saturated heterocycles. The number of alkyl halides is 3. The van der Waals surface area contributed by atoms with Gasteiger partial charge in [-0.3, -0.25) is 19.2 Å². The van der Waals surface area contributed by atoms with E-state index >= 15 is 0 Å². The van der Waals surface area contributed by atoms with E-state index in [2.05, 4.69) is 15.8 Å². The number of rotatable bonds is 8. The molecule has 1 aliphatic rings. The second-order valence-electron chi connectivity index (χ2n) is 9.50. The van der Waals surface area contributed by atoms with E-state index in [0.717, 1.165) is 0 Å². The van der Waals surface area contributed by atoms with Gasteiger partial charge in [0.25, 0.3) is 11.7 Å². The Labute approximate surface area is 205 Å². The summed E-state index contributed by atoms with van der Waals surface area (Å²) < 4.78 is 44.2. The smallest absolute Gasteiger partial charge is 0.355 e. The Morgan fingerprint density at radius 3 is 2.28 bits per heavy atom. The topological polar surface area (TPSA) is 122 Å². The van der Waals surface area contributed by atoms with Gasteiger partial charge in [-0.05, 0) is 36.8 Å². The molecule has 0 unspecified atom stereocenters. The van der Waals surface area contributed by atoms with Crippen molar-refractivity contribution in [3.8, 4) is 0 Å². The number of aromatic nitrogens is 1. The Morgan fingerprint density at radius 2 is 1.67 bits per heavy atom. The summed E-state index contributed by atoms with van der Waals surface area (Å²) in [6, 6.07) is 2.87. The zero-order chi connectivity index (χ0) is 26.8. The number of carbonyl (C=O) groups excluding carboxylic acids is 4. The summed E-state index contributed by atoms with van der Waals surface area (Å²) >= 11 is 0. The van der Waals surface area contributed by atoms with Crippen LogP contribution in [0, 0.1) is 11.8 Å². The predicted octanol–water partition coefficient (Wildman–Crippen LogP) is 2.85. The lowest BCUT2D eigenvalue weighted by Crippen LogP contribution is -2.58. The van der Waals surface area contributed by atoms with Crippen LogP contribution in [0.1, 0.15) is 51.0 Å². The lowest BCUT2D eigenvalue weighted by Gasteiger charge is -2.31. The van der Waals surface area contributed by atoms with E-state index in [9.17, 15) is 32.3 Å². The van der Waals surface area contributed by atoms with Crippen LogP contribution in [-0.4, -0.2) is 64.4 Å². The lowest BCUT2D eigenvalue weighted by atomic mass is 9.98. The highest BCUT2D eigenvalue weighted by atomic mass is 19.4. The maximum atomic E-state index is 13.4. The molecule has 1 fully saturated rings. The summed E-state index contributed by atoms with van der Waals surface area (Å²) in [6.45, 7) is 6.40. The van der Waals surface area contributed by atoms with Gasteiger partial charge in [0.15, 0.2) is 11.3 Å². The fourth-order valence-corrected chi connectivity index (χ4v) is 4.22. The van der Waals surface area contributed by atoms with Crippen LogP contribution < -0.4 is 10.6 Å². The molecule has 3 rings (SSSR count). The van der Waals surface area contributed by atoms with Gasteiger partial charge in [-0.1, -0.05) is 45.0 Å². The van der Waals surface area contributed by atoms with Crippen LogP contribution in [0.2, 0.25) is 0 Å². The molecule has 0 radical (unpaired) electrons. The summed E-state index contributed by atoms with van der Waals surface area (Å²) in [7, 11) is 0. The monoisotopic (exact) mass is 510 g/mol. The molecule has 2 N–H and O–H groups in total. The molecule has 0 spiro atoms. The number of hydrogen-bond acceptors (Lipinski definition) is 6. The van der Waals surface area contributed by atoms with Crippen LogP contribution in [0.5, 0.6) is 0 Å². The fraction of sp³-hybridized carbons (Fsp3) is 0.542. The first-order valence-electron chi connectivity index (χ1n) is 11.7. The van der Waals surface area contributed by atoms with Gasteiger partial charge in [0.05, 0.1) is 11.4 Å². The predicted molar refractivity (Wildman–Crippen MR) is 123 cm³/mol. The second-order valence-corrected chi connectivity index (χ2v) is 9.50. The largest absolute Gasteiger partial charge is 0.452 e. The Hall–Kier alpha value is -3.44. The first-order valence-corrected chi connectivity index (χ1v) is 11.7. The van der Waals surface area contributed by atoms with E-state index in [4.69, 9.17) is 4.52 Å². The standard InChI is InChI=1S/C24H29F3N4O5/c1-12(2)17(20(32)24(25,26)27)28-21(33)15-9-7-11-31(15)23(35)18(13(3)4)29-22(34)19-14-8-5-6-10-16(14)36-30-19/h5-6,8,10,12-13,15,17-18H,7,9,11H2,1-4H3,(H,28,33)(H,29,34)/t15-,17-,18-/m0/s1. The van der Waals surface area contributed by atoms with Crippen LogP contribution in [0.3, 0.4) is 0 Å². The van der Waals surface area contributed by atoms with Crippen molar-refractivity contribution in [3.63, 3.8) is 0 Å². The molecule has 0 saturated carbocycles. The number of amides is 3. The van der Waals surface area contributed by atoms with Crippen molar-refractivity contribution in [1.29, 1.82) is 0 Å². The van der Waals surface area contributed by atoms with Gasteiger partial charge in [0.2, 0.25) is 11.8 Å². The molecule has 196 valence electrons. The summed E-state index contributed by atoms with van der Waals surface area (Å²) in [4.78, 5) is 52.3. The van der Waals surface area contributed by atoms with Crippen LogP contribution >= 0.6 is 0 Å². The first kappa shape index (κ1) is 27.2. The number of hydrogen-bond donors (Lipinski definition) is 2. The molecule has 0 bridgehead atoms. The van der Waals surface area contributed by atoms with Gasteiger partial charge < -0.3 is 20.1 Å². The highest BCUT2D eigenvalue weighted by molar-refractivity contribution is 6.05. The molecule has 36 heavy (non-hydrogen) atoms. The average molecular weight is 511 g/mol. The molecule has 3 amide bonds. The van der Waals surface area contributed by atoms with Gasteiger partial charge >= 0.3 is 6.18 Å². The normalized spacial score (nSPS) is 17.9. The molecule has 9 nitrogen and oxygen atoms in total. The van der Waals surface area contributed by atoms with Crippen molar-refractivity contribution in [1.82, 2.24) is 20.7 Å². The van der Waals surface area contributed by atoms with Gasteiger partial charge in [-0.2, -0.15) is 13.2 Å². The molecule has 0 aliphatic carbocycles. The number of likely N-dealkylation sites (tertiary alicyclic amines) is 1. The van der Waals surface area contributed by atoms with Crippen LogP contribution in [-0.2, 0) is 14.4 Å². The van der Waals surface area contributed by atoms with E-state index in [0.29, 0.717) is 17.4 Å². The molecule has 2 heterocycles. The minimum Gasteiger partial charge on any atom is -0.355 e. The van der Waals surface area contributed by atoms with Crippen molar-refractivity contribution in [2.75, 3.05) is 6.54 Å². The van der Waals surface area contributed by atoms with Gasteiger partial charge in [-0.25, -0.2) is 0 Å². The highest BCUT2D eigenvalue weighted by Gasteiger charge is 2.46. The molecule has 2 aromatic rings. The van der Waals surface area contributed by atoms with E-state index in [1.54, 1.807) is 38.1 Å². The quantitative estimate of drug-likeness (QED) is 0.563. The van der Waals surface area contributed by atoms with Gasteiger partial charge in [0.1, 0.15) is 12.1 Å². The molecule has 1 aromatic heterocycles. The first-order chi connectivity index (χ1) is 16.8. The Balaban J connectivity index is 1.77. The zero-order valence-corrected chi connectivity index (χ0v) is 20.4. The SMILES string of the molecule is CC(C)[C@H](NC(=O)c1noc2ccccc12)C(=O)N1CCC[C@H]1C(=O)N[C@H](C(=O)C(F)(F)F)C(C)C. The molecular formula is C24H29F3N4O5. The number of benzene rings is 1. The average Bonchev–Trinajstić information content (AvgIpc) is 3.46. The summed E-state index contributed by atoms with van der Waals surface area (Å²) in [6.07, 6.45) is -4.45. The number of ketones is 1. The molecule has 1 aliphatic heterocycles. The summed E-state index contributed by atoms with van der Waals surface area (Å²) in [5, 5.41) is 9.11. The van der Waals surface area contributed by atoms with Crippen molar-refractivity contribution in [2.45, 2.75) is 64.8 Å². The Morgan fingerprint density at radius 1 is 1.03 bits per heavy atom. The van der Waals surface area contributed by atoms with Crippen LogP contribution in [0.15, 0.2) is 28.8 Å². The number of nitrogens with one attached hydrogen (secondary N) is 2. The minimum absolute atomic E-state index is 0.00482. The third-order valence-corrected chi connectivity index (χ3v) is 6.18. The maximum absolute atomic E-state index is 13.4. The van der Waals surface area contributed by atoms with E-state index in [-0.39, 0.29) is 24.6 Å².